The summed E-state index contributed by atoms with van der Waals surface area (Å²) in [5.41, 5.74) is -0.644. The van der Waals surface area contributed by atoms with E-state index in [0.717, 1.165) is 8.50 Å². The van der Waals surface area contributed by atoms with Crippen LogP contribution in [0.15, 0.2) is 14.4 Å². The van der Waals surface area contributed by atoms with Crippen LogP contribution in [0.2, 0.25) is 3.93 Å². The van der Waals surface area contributed by atoms with Crippen LogP contribution in [-0.2, 0) is 58.5 Å². The minimum Gasteiger partial charge on any atom is -0.412 e. The monoisotopic (exact) mass is 501 g/mol. The average molecular weight is 500 g/mol. The molecule has 2 aromatic rings. The van der Waals surface area contributed by atoms with Gasteiger partial charge in [-0.15, -0.1) is 0 Å². The fraction of sp³-hybridized carbons (Fsp3) is 0.583. The number of methoxy groups -OCH3 is 1. The molecule has 0 aliphatic rings. The zero-order valence-corrected chi connectivity index (χ0v) is 18.6. The van der Waals surface area contributed by atoms with Crippen LogP contribution in [0.1, 0.15) is 0 Å². The summed E-state index contributed by atoms with van der Waals surface area (Å²) in [7, 11) is 6.11. The number of imidazole rings is 1. The second kappa shape index (κ2) is 6.92. The van der Waals surface area contributed by atoms with Gasteiger partial charge in [0.15, 0.2) is 0 Å². The molecule has 2 heterocycles. The first-order valence-corrected chi connectivity index (χ1v) is 10.4. The van der Waals surface area contributed by atoms with Crippen LogP contribution >= 0.6 is 0 Å². The van der Waals surface area contributed by atoms with Crippen molar-refractivity contribution < 1.29 is 36.3 Å². The van der Waals surface area contributed by atoms with Crippen LogP contribution in [0.5, 0.6) is 0 Å². The molecule has 1 unspecified atom stereocenters. The van der Waals surface area contributed by atoms with Crippen LogP contribution in [-0.4, -0.2) is 37.0 Å². The van der Waals surface area contributed by atoms with Crippen LogP contribution in [0.4, 0.5) is 0 Å². The van der Waals surface area contributed by atoms with Gasteiger partial charge in [0.1, 0.15) is 0 Å². The van der Waals surface area contributed by atoms with E-state index in [-0.39, 0.29) is 22.8 Å². The Hall–Kier alpha value is -1.19. The molecule has 0 spiro atoms. The molecule has 0 aliphatic carbocycles. The molecule has 0 aromatic carbocycles. The van der Waals surface area contributed by atoms with Crippen molar-refractivity contribution in [3.8, 4) is 0 Å². The Labute approximate surface area is 142 Å². The van der Waals surface area contributed by atoms with Crippen molar-refractivity contribution in [2.24, 2.45) is 21.1 Å². The SMILES string of the molecule is COC([CH2][Hg])Cn1c(=O)n(C)c2c(=O)n(C)c(=O)n(C)c21.O. The second-order valence-corrected chi connectivity index (χ2v) is 7.22. The van der Waals surface area contributed by atoms with Crippen molar-refractivity contribution in [1.82, 2.24) is 18.3 Å². The Morgan fingerprint density at radius 2 is 1.64 bits per heavy atom. The van der Waals surface area contributed by atoms with Gasteiger partial charge in [-0.3, -0.25) is 0 Å². The third kappa shape index (κ3) is 2.72. The number of hydrogen-bond donors (Lipinski definition) is 0. The number of fused-ring (bicyclic) bond motifs is 1. The molecular formula is C12H19HgN4O5. The Bertz CT molecular complexity index is 855. The van der Waals surface area contributed by atoms with E-state index in [2.05, 4.69) is 0 Å². The van der Waals surface area contributed by atoms with Crippen molar-refractivity contribution in [3.63, 3.8) is 0 Å². The second-order valence-electron chi connectivity index (χ2n) is 4.98. The van der Waals surface area contributed by atoms with Crippen molar-refractivity contribution in [2.45, 2.75) is 16.6 Å². The van der Waals surface area contributed by atoms with E-state index in [0.29, 0.717) is 38.3 Å². The van der Waals surface area contributed by atoms with E-state index in [1.54, 1.807) is 21.2 Å². The molecule has 119 valence electrons. The molecular weight excluding hydrogens is 481 g/mol. The molecule has 0 saturated carbocycles. The Kier molecular flexibility index (Phi) is 5.93. The number of ether oxygens (including phenoxy) is 1. The standard InChI is InChI=1S/C12H17N4O4.Hg.H2O/c1-7(20-5)6-16-9-8(13(2)12(16)19)10(17)15(4)11(18)14(9)3;;/h7H,1,6H2,2-5H3;;1H2. The first kappa shape index (κ1) is 18.9. The van der Waals surface area contributed by atoms with Crippen molar-refractivity contribution >= 4 is 11.2 Å². The molecule has 2 N–H and O–H groups in total. The summed E-state index contributed by atoms with van der Waals surface area (Å²) in [5.74, 6) is 0. The summed E-state index contributed by atoms with van der Waals surface area (Å²) in [6.45, 7) is 0.344. The number of nitrogens with zero attached hydrogens (tertiary/aromatic N) is 4. The zero-order valence-electron chi connectivity index (χ0n) is 13.1. The van der Waals surface area contributed by atoms with Crippen LogP contribution in [0.3, 0.4) is 0 Å². The fourth-order valence-electron chi connectivity index (χ4n) is 2.44. The van der Waals surface area contributed by atoms with E-state index in [4.69, 9.17) is 4.74 Å². The normalized spacial score (nSPS) is 12.5. The van der Waals surface area contributed by atoms with E-state index in [1.165, 1.54) is 20.7 Å². The van der Waals surface area contributed by atoms with E-state index < -0.39 is 11.2 Å². The first-order chi connectivity index (χ1) is 9.84. The van der Waals surface area contributed by atoms with E-state index >= 15 is 0 Å². The maximum atomic E-state index is 12.4. The summed E-state index contributed by atoms with van der Waals surface area (Å²) in [6, 6.07) is 0. The van der Waals surface area contributed by atoms with Gasteiger partial charge in [0.25, 0.3) is 0 Å². The molecule has 0 radical (unpaired) electrons. The van der Waals surface area contributed by atoms with Gasteiger partial charge in [-0.05, 0) is 0 Å². The van der Waals surface area contributed by atoms with Crippen molar-refractivity contribution in [1.29, 1.82) is 0 Å². The molecule has 10 heteroatoms. The predicted molar refractivity (Wildman–Crippen MR) is 76.9 cm³/mol. The Balaban J connectivity index is 0.00000242. The zero-order chi connectivity index (χ0) is 15.9. The third-order valence-corrected chi connectivity index (χ3v) is 6.26. The molecule has 0 aliphatic heterocycles. The van der Waals surface area contributed by atoms with Gasteiger partial charge in [-0.25, -0.2) is 0 Å². The third-order valence-electron chi connectivity index (χ3n) is 3.76. The summed E-state index contributed by atoms with van der Waals surface area (Å²) in [5, 5.41) is 0. The van der Waals surface area contributed by atoms with Gasteiger partial charge in [-0.1, -0.05) is 0 Å². The fourth-order valence-corrected chi connectivity index (χ4v) is 4.06. The molecule has 1 atom stereocenters. The van der Waals surface area contributed by atoms with E-state index in [1.807, 2.05) is 0 Å². The van der Waals surface area contributed by atoms with Gasteiger partial charge in [0.05, 0.1) is 0 Å². The summed E-state index contributed by atoms with van der Waals surface area (Å²) < 4.78 is 11.4. The van der Waals surface area contributed by atoms with Crippen molar-refractivity contribution in [2.75, 3.05) is 7.11 Å². The molecule has 22 heavy (non-hydrogen) atoms. The van der Waals surface area contributed by atoms with Gasteiger partial charge in [-0.2, -0.15) is 0 Å². The first-order valence-electron chi connectivity index (χ1n) is 6.52. The van der Waals surface area contributed by atoms with Crippen LogP contribution in [0.25, 0.3) is 11.2 Å². The van der Waals surface area contributed by atoms with Gasteiger partial charge >= 0.3 is 136 Å². The molecule has 2 rings (SSSR count). The smallest absolute Gasteiger partial charge is 0.412 e. The minimum atomic E-state index is -0.463. The Morgan fingerprint density at radius 3 is 2.14 bits per heavy atom. The van der Waals surface area contributed by atoms with Gasteiger partial charge in [0.2, 0.25) is 0 Å². The van der Waals surface area contributed by atoms with Crippen LogP contribution in [0, 0.1) is 0 Å². The molecule has 0 fully saturated rings. The number of hydrogen-bond acceptors (Lipinski definition) is 4. The summed E-state index contributed by atoms with van der Waals surface area (Å²) in [6.07, 6.45) is -0.0733. The summed E-state index contributed by atoms with van der Waals surface area (Å²) >= 11 is 0.537. The maximum absolute atomic E-state index is 12.4. The number of aromatic nitrogens is 4. The molecule has 0 amide bonds. The largest absolute Gasteiger partial charge is 0.412 e. The predicted octanol–water partition coefficient (Wildman–Crippen LogP) is -2.11. The quantitative estimate of drug-likeness (QED) is 0.448. The molecule has 0 saturated heterocycles. The van der Waals surface area contributed by atoms with Crippen LogP contribution < -0.4 is 16.9 Å². The molecule has 9 nitrogen and oxygen atoms in total. The van der Waals surface area contributed by atoms with E-state index in [9.17, 15) is 14.4 Å². The molecule has 0 bridgehead atoms. The topological polar surface area (TPSA) is 112 Å². The summed E-state index contributed by atoms with van der Waals surface area (Å²) in [4.78, 5) is 36.8. The number of rotatable bonds is 4. The van der Waals surface area contributed by atoms with Gasteiger partial charge < -0.3 is 5.48 Å². The van der Waals surface area contributed by atoms with Crippen molar-refractivity contribution in [3.05, 3.63) is 31.3 Å². The minimum absolute atomic E-state index is 0. The average Bonchev–Trinajstić information content (AvgIpc) is 2.73. The maximum Gasteiger partial charge on any atom is -0.412 e. The Morgan fingerprint density at radius 1 is 1.05 bits per heavy atom. The number of aryl methyl sites for hydroxylation is 2. The van der Waals surface area contributed by atoms with Gasteiger partial charge in [0, 0.05) is 0 Å². The molecule has 2 aromatic heterocycles.